The Labute approximate surface area is 106 Å². The average Bonchev–Trinajstić information content (AvgIpc) is 2.36. The van der Waals surface area contributed by atoms with Gasteiger partial charge in [0.25, 0.3) is 0 Å². The molecule has 1 aromatic carbocycles. The van der Waals surface area contributed by atoms with Crippen LogP contribution in [0.25, 0.3) is 0 Å². The largest absolute Gasteiger partial charge is 0.453 e. The number of nitrogens with zero attached hydrogens (tertiary/aromatic N) is 1. The standard InChI is InChI=1S/C13H16N2O3/c1-9(16)14-12-4-3-10-5-6-15(13(17)18-2)8-11(10)7-12/h3-4,7H,5-6,8H2,1-2H3,(H,14,16). The second-order valence-electron chi connectivity index (χ2n) is 4.31. The van der Waals surface area contributed by atoms with Gasteiger partial charge >= 0.3 is 6.09 Å². The summed E-state index contributed by atoms with van der Waals surface area (Å²) in [6.07, 6.45) is 0.496. The molecule has 0 aromatic heterocycles. The summed E-state index contributed by atoms with van der Waals surface area (Å²) in [6, 6.07) is 5.79. The zero-order valence-corrected chi connectivity index (χ0v) is 10.5. The van der Waals surface area contributed by atoms with E-state index in [-0.39, 0.29) is 12.0 Å². The average molecular weight is 248 g/mol. The highest BCUT2D eigenvalue weighted by Crippen LogP contribution is 2.23. The molecule has 5 nitrogen and oxygen atoms in total. The third-order valence-electron chi connectivity index (χ3n) is 2.97. The molecule has 0 saturated heterocycles. The van der Waals surface area contributed by atoms with Crippen LogP contribution in [-0.2, 0) is 22.5 Å². The van der Waals surface area contributed by atoms with E-state index >= 15 is 0 Å². The van der Waals surface area contributed by atoms with E-state index in [1.807, 2.05) is 18.2 Å². The summed E-state index contributed by atoms with van der Waals surface area (Å²) in [4.78, 5) is 24.1. The number of hydrogen-bond donors (Lipinski definition) is 1. The molecule has 0 radical (unpaired) electrons. The first-order chi connectivity index (χ1) is 8.60. The number of hydrogen-bond acceptors (Lipinski definition) is 3. The Morgan fingerprint density at radius 1 is 1.33 bits per heavy atom. The maximum Gasteiger partial charge on any atom is 0.409 e. The minimum Gasteiger partial charge on any atom is -0.453 e. The molecule has 1 heterocycles. The molecule has 1 aliphatic heterocycles. The number of carbonyl (C=O) groups is 2. The molecule has 0 aliphatic carbocycles. The predicted octanol–water partition coefficient (Wildman–Crippen LogP) is 1.77. The maximum atomic E-state index is 11.5. The minimum absolute atomic E-state index is 0.101. The lowest BCUT2D eigenvalue weighted by Gasteiger charge is -2.28. The van der Waals surface area contributed by atoms with Crippen LogP contribution in [0.15, 0.2) is 18.2 Å². The molecular formula is C13H16N2O3. The second kappa shape index (κ2) is 5.08. The lowest BCUT2D eigenvalue weighted by molar-refractivity contribution is -0.114. The van der Waals surface area contributed by atoms with E-state index in [2.05, 4.69) is 5.32 Å². The van der Waals surface area contributed by atoms with Gasteiger partial charge in [0.05, 0.1) is 7.11 Å². The Balaban J connectivity index is 2.19. The van der Waals surface area contributed by atoms with Crippen molar-refractivity contribution in [3.63, 3.8) is 0 Å². The Kier molecular flexibility index (Phi) is 3.50. The topological polar surface area (TPSA) is 58.6 Å². The number of fused-ring (bicyclic) bond motifs is 1. The van der Waals surface area contributed by atoms with E-state index in [1.54, 1.807) is 4.90 Å². The maximum absolute atomic E-state index is 11.5. The zero-order valence-electron chi connectivity index (χ0n) is 10.5. The van der Waals surface area contributed by atoms with Gasteiger partial charge in [-0.2, -0.15) is 0 Å². The Morgan fingerprint density at radius 2 is 2.11 bits per heavy atom. The fourth-order valence-corrected chi connectivity index (χ4v) is 2.12. The molecule has 1 aromatic rings. The zero-order chi connectivity index (χ0) is 13.1. The van der Waals surface area contributed by atoms with Crippen LogP contribution in [0.5, 0.6) is 0 Å². The third kappa shape index (κ3) is 2.61. The molecule has 0 unspecified atom stereocenters. The summed E-state index contributed by atoms with van der Waals surface area (Å²) in [7, 11) is 1.38. The summed E-state index contributed by atoms with van der Waals surface area (Å²) in [6.45, 7) is 2.66. The number of methoxy groups -OCH3 is 1. The first-order valence-electron chi connectivity index (χ1n) is 5.82. The van der Waals surface area contributed by atoms with Crippen molar-refractivity contribution in [2.75, 3.05) is 19.0 Å². The smallest absolute Gasteiger partial charge is 0.409 e. The van der Waals surface area contributed by atoms with Gasteiger partial charge in [0.1, 0.15) is 0 Å². The normalized spacial score (nSPS) is 13.8. The molecule has 1 N–H and O–H groups in total. The first-order valence-corrected chi connectivity index (χ1v) is 5.82. The lowest BCUT2D eigenvalue weighted by atomic mass is 9.99. The molecule has 2 rings (SSSR count). The molecule has 0 saturated carbocycles. The van der Waals surface area contributed by atoms with E-state index < -0.39 is 0 Å². The monoisotopic (exact) mass is 248 g/mol. The summed E-state index contributed by atoms with van der Waals surface area (Å²) >= 11 is 0. The highest BCUT2D eigenvalue weighted by Gasteiger charge is 2.21. The molecule has 18 heavy (non-hydrogen) atoms. The van der Waals surface area contributed by atoms with Crippen LogP contribution in [0.3, 0.4) is 0 Å². The van der Waals surface area contributed by atoms with Crippen LogP contribution in [0.1, 0.15) is 18.1 Å². The van der Waals surface area contributed by atoms with Gasteiger partial charge in [-0.05, 0) is 29.7 Å². The summed E-state index contributed by atoms with van der Waals surface area (Å²) in [5, 5.41) is 2.74. The van der Waals surface area contributed by atoms with E-state index in [9.17, 15) is 9.59 Å². The van der Waals surface area contributed by atoms with Gasteiger partial charge in [-0.25, -0.2) is 4.79 Å². The molecule has 2 amide bonds. The summed E-state index contributed by atoms with van der Waals surface area (Å²) in [5.41, 5.74) is 3.02. The quantitative estimate of drug-likeness (QED) is 0.824. The van der Waals surface area contributed by atoms with Gasteiger partial charge in [-0.1, -0.05) is 6.07 Å². The number of anilines is 1. The summed E-state index contributed by atoms with van der Waals surface area (Å²) in [5.74, 6) is -0.101. The van der Waals surface area contributed by atoms with E-state index in [0.29, 0.717) is 13.1 Å². The Morgan fingerprint density at radius 3 is 2.78 bits per heavy atom. The van der Waals surface area contributed by atoms with Gasteiger partial charge < -0.3 is 15.0 Å². The van der Waals surface area contributed by atoms with Gasteiger partial charge in [-0.15, -0.1) is 0 Å². The van der Waals surface area contributed by atoms with Gasteiger partial charge in [-0.3, -0.25) is 4.79 Å². The van der Waals surface area contributed by atoms with Gasteiger partial charge in [0, 0.05) is 25.7 Å². The van der Waals surface area contributed by atoms with E-state index in [1.165, 1.54) is 19.6 Å². The van der Waals surface area contributed by atoms with E-state index in [0.717, 1.165) is 17.7 Å². The number of ether oxygens (including phenoxy) is 1. The molecule has 1 aliphatic rings. The number of benzene rings is 1. The molecule has 0 spiro atoms. The highest BCUT2D eigenvalue weighted by atomic mass is 16.5. The molecular weight excluding hydrogens is 232 g/mol. The SMILES string of the molecule is COC(=O)N1CCc2ccc(NC(C)=O)cc2C1. The van der Waals surface area contributed by atoms with Crippen molar-refractivity contribution in [2.24, 2.45) is 0 Å². The number of nitrogens with one attached hydrogen (secondary N) is 1. The molecule has 5 heteroatoms. The third-order valence-corrected chi connectivity index (χ3v) is 2.97. The van der Waals surface area contributed by atoms with Crippen LogP contribution in [-0.4, -0.2) is 30.6 Å². The first kappa shape index (κ1) is 12.4. The molecule has 0 fully saturated rings. The van der Waals surface area contributed by atoms with Crippen LogP contribution >= 0.6 is 0 Å². The van der Waals surface area contributed by atoms with Crippen molar-refractivity contribution in [3.05, 3.63) is 29.3 Å². The lowest BCUT2D eigenvalue weighted by Crippen LogP contribution is -2.35. The highest BCUT2D eigenvalue weighted by molar-refractivity contribution is 5.88. The number of carbonyl (C=O) groups excluding carboxylic acids is 2. The molecule has 0 atom stereocenters. The van der Waals surface area contributed by atoms with Crippen molar-refractivity contribution >= 4 is 17.7 Å². The van der Waals surface area contributed by atoms with Crippen LogP contribution in [0.4, 0.5) is 10.5 Å². The van der Waals surface area contributed by atoms with Crippen LogP contribution < -0.4 is 5.32 Å². The van der Waals surface area contributed by atoms with E-state index in [4.69, 9.17) is 4.74 Å². The number of rotatable bonds is 1. The predicted molar refractivity (Wildman–Crippen MR) is 67.3 cm³/mol. The second-order valence-corrected chi connectivity index (χ2v) is 4.31. The summed E-state index contributed by atoms with van der Waals surface area (Å²) < 4.78 is 4.72. The Bertz CT molecular complexity index is 485. The molecule has 0 bridgehead atoms. The van der Waals surface area contributed by atoms with Crippen molar-refractivity contribution in [3.8, 4) is 0 Å². The van der Waals surface area contributed by atoms with Crippen molar-refractivity contribution in [1.29, 1.82) is 0 Å². The van der Waals surface area contributed by atoms with Crippen LogP contribution in [0, 0.1) is 0 Å². The van der Waals surface area contributed by atoms with Crippen LogP contribution in [0.2, 0.25) is 0 Å². The number of amides is 2. The van der Waals surface area contributed by atoms with Crippen molar-refractivity contribution in [2.45, 2.75) is 19.9 Å². The fraction of sp³-hybridized carbons (Fsp3) is 0.385. The molecule has 96 valence electrons. The fourth-order valence-electron chi connectivity index (χ4n) is 2.12. The minimum atomic E-state index is -0.314. The Hall–Kier alpha value is -2.04. The van der Waals surface area contributed by atoms with Gasteiger partial charge in [0.15, 0.2) is 0 Å². The van der Waals surface area contributed by atoms with Crippen molar-refractivity contribution < 1.29 is 14.3 Å². The van der Waals surface area contributed by atoms with Gasteiger partial charge in [0.2, 0.25) is 5.91 Å². The van der Waals surface area contributed by atoms with Crippen molar-refractivity contribution in [1.82, 2.24) is 4.90 Å².